The summed E-state index contributed by atoms with van der Waals surface area (Å²) in [5.74, 6) is -1.85. The van der Waals surface area contributed by atoms with Crippen LogP contribution in [0.5, 0.6) is 0 Å². The first-order valence-corrected chi connectivity index (χ1v) is 6.42. The van der Waals surface area contributed by atoms with Gasteiger partial charge < -0.3 is 15.4 Å². The lowest BCUT2D eigenvalue weighted by Gasteiger charge is -2.08. The van der Waals surface area contributed by atoms with Gasteiger partial charge in [-0.1, -0.05) is 0 Å². The Bertz CT molecular complexity index is 457. The first kappa shape index (κ1) is 13.4. The number of imidazole rings is 1. The lowest BCUT2D eigenvalue weighted by atomic mass is 10.3. The van der Waals surface area contributed by atoms with Crippen molar-refractivity contribution in [3.8, 4) is 0 Å². The summed E-state index contributed by atoms with van der Waals surface area (Å²) in [7, 11) is -1.05. The zero-order valence-electron chi connectivity index (χ0n) is 9.39. The van der Waals surface area contributed by atoms with Gasteiger partial charge >= 0.3 is 5.97 Å². The van der Waals surface area contributed by atoms with E-state index in [1.54, 1.807) is 6.92 Å². The molecule has 1 aromatic heterocycles. The SMILES string of the molecule is CC(CNC(=O)c1nc[nH]c1C(=O)O)S(C)=O. The quantitative estimate of drug-likeness (QED) is 0.666. The summed E-state index contributed by atoms with van der Waals surface area (Å²) >= 11 is 0. The van der Waals surface area contributed by atoms with Crippen LogP contribution in [0.1, 0.15) is 27.9 Å². The van der Waals surface area contributed by atoms with Crippen LogP contribution in [0.15, 0.2) is 6.33 Å². The third kappa shape index (κ3) is 3.38. The van der Waals surface area contributed by atoms with Gasteiger partial charge in [0.2, 0.25) is 0 Å². The Kier molecular flexibility index (Phi) is 4.38. The summed E-state index contributed by atoms with van der Waals surface area (Å²) in [5.41, 5.74) is -0.431. The van der Waals surface area contributed by atoms with Crippen molar-refractivity contribution in [3.05, 3.63) is 17.7 Å². The third-order valence-corrected chi connectivity index (χ3v) is 3.48. The summed E-state index contributed by atoms with van der Waals surface area (Å²) < 4.78 is 11.1. The van der Waals surface area contributed by atoms with Crippen molar-refractivity contribution in [2.45, 2.75) is 12.2 Å². The van der Waals surface area contributed by atoms with Gasteiger partial charge in [0, 0.05) is 28.9 Å². The number of carboxylic acid groups (broad SMARTS) is 1. The molecule has 2 unspecified atom stereocenters. The molecule has 1 rings (SSSR count). The van der Waals surface area contributed by atoms with Gasteiger partial charge in [-0.25, -0.2) is 9.78 Å². The molecule has 0 bridgehead atoms. The third-order valence-electron chi connectivity index (χ3n) is 2.18. The number of H-pyrrole nitrogens is 1. The van der Waals surface area contributed by atoms with Gasteiger partial charge in [-0.05, 0) is 6.92 Å². The van der Waals surface area contributed by atoms with E-state index in [-0.39, 0.29) is 23.2 Å². The Morgan fingerprint density at radius 1 is 1.65 bits per heavy atom. The van der Waals surface area contributed by atoms with E-state index in [2.05, 4.69) is 15.3 Å². The van der Waals surface area contributed by atoms with Crippen molar-refractivity contribution >= 4 is 22.7 Å². The van der Waals surface area contributed by atoms with E-state index in [4.69, 9.17) is 5.11 Å². The molecular weight excluding hydrogens is 246 g/mol. The second-order valence-corrected chi connectivity index (χ2v) is 5.25. The van der Waals surface area contributed by atoms with Gasteiger partial charge in [0.05, 0.1) is 6.33 Å². The maximum atomic E-state index is 11.6. The first-order chi connectivity index (χ1) is 7.93. The second kappa shape index (κ2) is 5.58. The zero-order chi connectivity index (χ0) is 13.0. The number of aromatic nitrogens is 2. The van der Waals surface area contributed by atoms with Crippen molar-refractivity contribution in [2.24, 2.45) is 0 Å². The number of amides is 1. The lowest BCUT2D eigenvalue weighted by molar-refractivity contribution is 0.0685. The summed E-state index contributed by atoms with van der Waals surface area (Å²) in [6.45, 7) is 1.92. The van der Waals surface area contributed by atoms with E-state index in [9.17, 15) is 13.8 Å². The molecule has 0 aliphatic heterocycles. The highest BCUT2D eigenvalue weighted by Crippen LogP contribution is 2.02. The molecule has 0 aromatic carbocycles. The molecule has 0 aliphatic carbocycles. The fourth-order valence-electron chi connectivity index (χ4n) is 1.07. The minimum Gasteiger partial charge on any atom is -0.477 e. The van der Waals surface area contributed by atoms with Crippen LogP contribution in [0.4, 0.5) is 0 Å². The fraction of sp³-hybridized carbons (Fsp3) is 0.444. The molecular formula is C9H13N3O4S. The highest BCUT2D eigenvalue weighted by molar-refractivity contribution is 7.84. The Morgan fingerprint density at radius 2 is 2.29 bits per heavy atom. The smallest absolute Gasteiger partial charge is 0.354 e. The minimum atomic E-state index is -1.25. The molecule has 2 atom stereocenters. The Hall–Kier alpha value is -1.70. The van der Waals surface area contributed by atoms with Crippen molar-refractivity contribution in [3.63, 3.8) is 0 Å². The first-order valence-electron chi connectivity index (χ1n) is 4.80. The van der Waals surface area contributed by atoms with Crippen molar-refractivity contribution in [1.82, 2.24) is 15.3 Å². The van der Waals surface area contributed by atoms with Gasteiger partial charge in [-0.3, -0.25) is 9.00 Å². The van der Waals surface area contributed by atoms with Gasteiger partial charge in [0.15, 0.2) is 11.4 Å². The number of carbonyl (C=O) groups is 2. The Balaban J connectivity index is 2.67. The highest BCUT2D eigenvalue weighted by atomic mass is 32.2. The Morgan fingerprint density at radius 3 is 2.82 bits per heavy atom. The van der Waals surface area contributed by atoms with Gasteiger partial charge in [0.25, 0.3) is 5.91 Å². The van der Waals surface area contributed by atoms with Crippen LogP contribution in [0.3, 0.4) is 0 Å². The Labute approximate surface area is 100 Å². The highest BCUT2D eigenvalue weighted by Gasteiger charge is 2.20. The molecule has 17 heavy (non-hydrogen) atoms. The average molecular weight is 259 g/mol. The molecule has 8 heteroatoms. The van der Waals surface area contributed by atoms with Crippen LogP contribution in [0.2, 0.25) is 0 Å². The number of carbonyl (C=O) groups excluding carboxylic acids is 1. The number of hydrogen-bond donors (Lipinski definition) is 3. The fourth-order valence-corrected chi connectivity index (χ4v) is 1.39. The number of aromatic amines is 1. The van der Waals surface area contributed by atoms with E-state index in [1.165, 1.54) is 6.26 Å². The van der Waals surface area contributed by atoms with E-state index >= 15 is 0 Å². The molecule has 0 spiro atoms. The molecule has 1 heterocycles. The molecule has 0 fully saturated rings. The molecule has 1 amide bonds. The van der Waals surface area contributed by atoms with Crippen LogP contribution in [0, 0.1) is 0 Å². The van der Waals surface area contributed by atoms with E-state index < -0.39 is 22.7 Å². The monoisotopic (exact) mass is 259 g/mol. The second-order valence-electron chi connectivity index (χ2n) is 3.45. The number of carboxylic acids is 1. The average Bonchev–Trinajstić information content (AvgIpc) is 2.73. The summed E-state index contributed by atoms with van der Waals surface area (Å²) in [6.07, 6.45) is 2.67. The molecule has 3 N–H and O–H groups in total. The van der Waals surface area contributed by atoms with Crippen LogP contribution in [-0.4, -0.2) is 49.2 Å². The standard InChI is InChI=1S/C9H13N3O4S/c1-5(17(2)16)3-10-8(13)6-7(9(14)15)12-4-11-6/h4-5H,3H2,1-2H3,(H,10,13)(H,11,12)(H,14,15). The predicted octanol–water partition coefficient (Wildman–Crippen LogP) is -0.395. The summed E-state index contributed by atoms with van der Waals surface area (Å²) in [5, 5.41) is 11.1. The van der Waals surface area contributed by atoms with Crippen LogP contribution in [-0.2, 0) is 10.8 Å². The zero-order valence-corrected chi connectivity index (χ0v) is 10.2. The molecule has 0 aliphatic rings. The number of nitrogens with one attached hydrogen (secondary N) is 2. The number of hydrogen-bond acceptors (Lipinski definition) is 4. The van der Waals surface area contributed by atoms with Crippen molar-refractivity contribution in [1.29, 1.82) is 0 Å². The van der Waals surface area contributed by atoms with E-state index in [1.807, 2.05) is 0 Å². The number of aromatic carboxylic acids is 1. The predicted molar refractivity (Wildman–Crippen MR) is 61.4 cm³/mol. The summed E-state index contributed by atoms with van der Waals surface area (Å²) in [6, 6.07) is 0. The molecule has 7 nitrogen and oxygen atoms in total. The molecule has 0 saturated heterocycles. The van der Waals surface area contributed by atoms with Crippen LogP contribution >= 0.6 is 0 Å². The van der Waals surface area contributed by atoms with Gasteiger partial charge in [-0.2, -0.15) is 0 Å². The topological polar surface area (TPSA) is 112 Å². The molecule has 0 saturated carbocycles. The maximum absolute atomic E-state index is 11.6. The maximum Gasteiger partial charge on any atom is 0.354 e. The normalized spacial score (nSPS) is 14.0. The largest absolute Gasteiger partial charge is 0.477 e. The van der Waals surface area contributed by atoms with Crippen molar-refractivity contribution in [2.75, 3.05) is 12.8 Å². The van der Waals surface area contributed by atoms with Crippen LogP contribution in [0.25, 0.3) is 0 Å². The lowest BCUT2D eigenvalue weighted by Crippen LogP contribution is -2.33. The van der Waals surface area contributed by atoms with Crippen LogP contribution < -0.4 is 5.32 Å². The molecule has 94 valence electrons. The van der Waals surface area contributed by atoms with Crippen molar-refractivity contribution < 1.29 is 18.9 Å². The molecule has 1 aromatic rings. The minimum absolute atomic E-state index is 0.174. The molecule has 0 radical (unpaired) electrons. The number of rotatable bonds is 5. The van der Waals surface area contributed by atoms with Gasteiger partial charge in [-0.15, -0.1) is 0 Å². The summed E-state index contributed by atoms with van der Waals surface area (Å²) in [4.78, 5) is 28.3. The van der Waals surface area contributed by atoms with E-state index in [0.717, 1.165) is 6.33 Å². The van der Waals surface area contributed by atoms with E-state index in [0.29, 0.717) is 0 Å². The number of nitrogens with zero attached hydrogens (tertiary/aromatic N) is 1. The van der Waals surface area contributed by atoms with Gasteiger partial charge in [0.1, 0.15) is 0 Å².